The van der Waals surface area contributed by atoms with Crippen molar-refractivity contribution in [2.24, 2.45) is 5.73 Å². The van der Waals surface area contributed by atoms with Crippen molar-refractivity contribution >= 4 is 11.8 Å². The number of hydrogen-bond donors (Lipinski definition) is 3. The SMILES string of the molecule is CC(=O)NCCNC(=O)CN(CCN)Cc1ccccc1. The van der Waals surface area contributed by atoms with Crippen LogP contribution < -0.4 is 16.4 Å². The predicted molar refractivity (Wildman–Crippen MR) is 82.5 cm³/mol. The molecule has 0 aliphatic heterocycles. The monoisotopic (exact) mass is 292 g/mol. The van der Waals surface area contributed by atoms with Gasteiger partial charge in [0.05, 0.1) is 6.54 Å². The zero-order valence-electron chi connectivity index (χ0n) is 12.5. The predicted octanol–water partition coefficient (Wildman–Crippen LogP) is -0.300. The number of nitrogens with one attached hydrogen (secondary N) is 2. The summed E-state index contributed by atoms with van der Waals surface area (Å²) < 4.78 is 0. The van der Waals surface area contributed by atoms with Gasteiger partial charge in [-0.3, -0.25) is 14.5 Å². The number of rotatable bonds is 9. The van der Waals surface area contributed by atoms with Crippen LogP contribution in [0, 0.1) is 0 Å². The van der Waals surface area contributed by atoms with Crippen molar-refractivity contribution in [2.75, 3.05) is 32.7 Å². The second-order valence-corrected chi connectivity index (χ2v) is 4.82. The maximum absolute atomic E-state index is 11.9. The van der Waals surface area contributed by atoms with Crippen LogP contribution in [-0.2, 0) is 16.1 Å². The lowest BCUT2D eigenvalue weighted by Gasteiger charge is -2.21. The first-order valence-corrected chi connectivity index (χ1v) is 7.09. The van der Waals surface area contributed by atoms with Crippen LogP contribution in [0.4, 0.5) is 0 Å². The van der Waals surface area contributed by atoms with Gasteiger partial charge in [-0.1, -0.05) is 30.3 Å². The van der Waals surface area contributed by atoms with E-state index in [2.05, 4.69) is 10.6 Å². The number of nitrogens with two attached hydrogens (primary N) is 1. The summed E-state index contributed by atoms with van der Waals surface area (Å²) in [5, 5.41) is 5.41. The Bertz CT molecular complexity index is 437. The van der Waals surface area contributed by atoms with E-state index in [0.717, 1.165) is 5.56 Å². The summed E-state index contributed by atoms with van der Waals surface area (Å²) in [6.07, 6.45) is 0. The molecule has 6 nitrogen and oxygen atoms in total. The van der Waals surface area contributed by atoms with Gasteiger partial charge in [0, 0.05) is 39.6 Å². The number of hydrogen-bond acceptors (Lipinski definition) is 4. The molecule has 0 radical (unpaired) electrons. The van der Waals surface area contributed by atoms with Gasteiger partial charge in [0.15, 0.2) is 0 Å². The molecule has 0 unspecified atom stereocenters. The van der Waals surface area contributed by atoms with E-state index in [-0.39, 0.29) is 11.8 Å². The first kappa shape index (κ1) is 17.1. The third kappa shape index (κ3) is 8.06. The summed E-state index contributed by atoms with van der Waals surface area (Å²) in [4.78, 5) is 24.6. The molecule has 1 rings (SSSR count). The lowest BCUT2D eigenvalue weighted by Crippen LogP contribution is -2.41. The van der Waals surface area contributed by atoms with Crippen LogP contribution in [0.15, 0.2) is 30.3 Å². The van der Waals surface area contributed by atoms with Crippen LogP contribution in [0.3, 0.4) is 0 Å². The zero-order chi connectivity index (χ0) is 15.5. The third-order valence-electron chi connectivity index (χ3n) is 2.88. The largest absolute Gasteiger partial charge is 0.355 e. The fourth-order valence-electron chi connectivity index (χ4n) is 1.94. The average Bonchev–Trinajstić information content (AvgIpc) is 2.45. The van der Waals surface area contributed by atoms with Gasteiger partial charge in [-0.25, -0.2) is 0 Å². The standard InChI is InChI=1S/C15H24N4O2/c1-13(20)17-8-9-18-15(21)12-19(10-7-16)11-14-5-3-2-4-6-14/h2-6H,7-12,16H2,1H3,(H,17,20)(H,18,21). The van der Waals surface area contributed by atoms with Crippen LogP contribution in [0.2, 0.25) is 0 Å². The van der Waals surface area contributed by atoms with Gasteiger partial charge in [0.2, 0.25) is 11.8 Å². The number of benzene rings is 1. The van der Waals surface area contributed by atoms with E-state index in [4.69, 9.17) is 5.73 Å². The maximum Gasteiger partial charge on any atom is 0.234 e. The summed E-state index contributed by atoms with van der Waals surface area (Å²) in [5.74, 6) is -0.164. The van der Waals surface area contributed by atoms with Crippen LogP contribution in [0.25, 0.3) is 0 Å². The molecule has 0 heterocycles. The van der Waals surface area contributed by atoms with Crippen molar-refractivity contribution < 1.29 is 9.59 Å². The van der Waals surface area contributed by atoms with E-state index in [1.807, 2.05) is 35.2 Å². The lowest BCUT2D eigenvalue weighted by atomic mass is 10.2. The van der Waals surface area contributed by atoms with Crippen molar-refractivity contribution in [1.82, 2.24) is 15.5 Å². The summed E-state index contributed by atoms with van der Waals surface area (Å²) in [6.45, 7) is 4.48. The second kappa shape index (κ2) is 9.90. The Hall–Kier alpha value is -1.92. The molecule has 0 spiro atoms. The van der Waals surface area contributed by atoms with E-state index < -0.39 is 0 Å². The van der Waals surface area contributed by atoms with Gasteiger partial charge in [0.1, 0.15) is 0 Å². The molecule has 0 fully saturated rings. The average molecular weight is 292 g/mol. The highest BCUT2D eigenvalue weighted by atomic mass is 16.2. The van der Waals surface area contributed by atoms with E-state index >= 15 is 0 Å². The maximum atomic E-state index is 11.9. The van der Waals surface area contributed by atoms with Crippen molar-refractivity contribution in [3.05, 3.63) is 35.9 Å². The first-order valence-electron chi connectivity index (χ1n) is 7.09. The highest BCUT2D eigenvalue weighted by Crippen LogP contribution is 2.03. The molecule has 0 saturated heterocycles. The quantitative estimate of drug-likeness (QED) is 0.545. The minimum absolute atomic E-state index is 0.0651. The van der Waals surface area contributed by atoms with Crippen molar-refractivity contribution in [3.8, 4) is 0 Å². The topological polar surface area (TPSA) is 87.5 Å². The number of carbonyl (C=O) groups is 2. The van der Waals surface area contributed by atoms with E-state index in [1.54, 1.807) is 0 Å². The molecule has 2 amide bonds. The van der Waals surface area contributed by atoms with Crippen LogP contribution in [0.1, 0.15) is 12.5 Å². The molecular weight excluding hydrogens is 268 g/mol. The normalized spacial score (nSPS) is 10.4. The first-order chi connectivity index (χ1) is 10.1. The Morgan fingerprint density at radius 2 is 1.81 bits per heavy atom. The highest BCUT2D eigenvalue weighted by molar-refractivity contribution is 5.78. The summed E-state index contributed by atoms with van der Waals surface area (Å²) in [6, 6.07) is 9.97. The van der Waals surface area contributed by atoms with Crippen LogP contribution in [0.5, 0.6) is 0 Å². The van der Waals surface area contributed by atoms with Crippen molar-refractivity contribution in [1.29, 1.82) is 0 Å². The molecule has 0 saturated carbocycles. The number of nitrogens with zero attached hydrogens (tertiary/aromatic N) is 1. The highest BCUT2D eigenvalue weighted by Gasteiger charge is 2.10. The fourth-order valence-corrected chi connectivity index (χ4v) is 1.94. The molecule has 116 valence electrons. The van der Waals surface area contributed by atoms with E-state index in [1.165, 1.54) is 6.92 Å². The van der Waals surface area contributed by atoms with E-state index in [9.17, 15) is 9.59 Å². The molecule has 0 bridgehead atoms. The summed E-state index contributed by atoms with van der Waals surface area (Å²) in [5.41, 5.74) is 6.74. The smallest absolute Gasteiger partial charge is 0.234 e. The minimum atomic E-state index is -0.0990. The molecular formula is C15H24N4O2. The van der Waals surface area contributed by atoms with Crippen molar-refractivity contribution in [2.45, 2.75) is 13.5 Å². The van der Waals surface area contributed by atoms with Crippen LogP contribution in [-0.4, -0.2) is 49.4 Å². The molecule has 0 aliphatic rings. The molecule has 6 heteroatoms. The zero-order valence-corrected chi connectivity index (χ0v) is 12.5. The van der Waals surface area contributed by atoms with Crippen molar-refractivity contribution in [3.63, 3.8) is 0 Å². The fraction of sp³-hybridized carbons (Fsp3) is 0.467. The molecule has 0 atom stereocenters. The summed E-state index contributed by atoms with van der Waals surface area (Å²) >= 11 is 0. The molecule has 1 aromatic carbocycles. The minimum Gasteiger partial charge on any atom is -0.355 e. The Morgan fingerprint density at radius 3 is 2.43 bits per heavy atom. The molecule has 4 N–H and O–H groups in total. The Morgan fingerprint density at radius 1 is 1.14 bits per heavy atom. The van der Waals surface area contributed by atoms with Gasteiger partial charge in [0.25, 0.3) is 0 Å². The molecule has 21 heavy (non-hydrogen) atoms. The Kier molecular flexibility index (Phi) is 8.08. The Labute approximate surface area is 125 Å². The number of amides is 2. The Balaban J connectivity index is 2.35. The molecule has 0 aliphatic carbocycles. The van der Waals surface area contributed by atoms with Gasteiger partial charge < -0.3 is 16.4 Å². The second-order valence-electron chi connectivity index (χ2n) is 4.82. The van der Waals surface area contributed by atoms with Gasteiger partial charge in [-0.15, -0.1) is 0 Å². The molecule has 1 aromatic rings. The third-order valence-corrected chi connectivity index (χ3v) is 2.88. The van der Waals surface area contributed by atoms with E-state index in [0.29, 0.717) is 39.3 Å². The van der Waals surface area contributed by atoms with Gasteiger partial charge >= 0.3 is 0 Å². The van der Waals surface area contributed by atoms with Crippen LogP contribution >= 0.6 is 0 Å². The summed E-state index contributed by atoms with van der Waals surface area (Å²) in [7, 11) is 0. The molecule has 0 aromatic heterocycles. The van der Waals surface area contributed by atoms with Gasteiger partial charge in [-0.05, 0) is 5.56 Å². The number of carbonyl (C=O) groups excluding carboxylic acids is 2. The lowest BCUT2D eigenvalue weighted by molar-refractivity contribution is -0.123. The van der Waals surface area contributed by atoms with Gasteiger partial charge in [-0.2, -0.15) is 0 Å².